The Bertz CT molecular complexity index is 623. The Morgan fingerprint density at radius 1 is 1.24 bits per heavy atom. The number of benzene rings is 1. The molecule has 1 heterocycles. The first kappa shape index (κ1) is 15.4. The highest BCUT2D eigenvalue weighted by Gasteiger charge is 2.11. The number of para-hydroxylation sites is 1. The SMILES string of the molecule is CCC(C)c1ccccc1OCc1ncc(C)c(N)c1C. The van der Waals surface area contributed by atoms with E-state index in [9.17, 15) is 0 Å². The number of nitrogen functional groups attached to an aromatic ring is 1. The van der Waals surface area contributed by atoms with Gasteiger partial charge in [-0.25, -0.2) is 0 Å². The summed E-state index contributed by atoms with van der Waals surface area (Å²) in [7, 11) is 0. The molecule has 1 aromatic carbocycles. The number of anilines is 1. The van der Waals surface area contributed by atoms with Gasteiger partial charge < -0.3 is 10.5 Å². The van der Waals surface area contributed by atoms with Crippen LogP contribution in [0.25, 0.3) is 0 Å². The summed E-state index contributed by atoms with van der Waals surface area (Å²) >= 11 is 0. The van der Waals surface area contributed by atoms with Crippen molar-refractivity contribution in [2.45, 2.75) is 46.6 Å². The van der Waals surface area contributed by atoms with Crippen LogP contribution in [0.1, 0.15) is 48.6 Å². The van der Waals surface area contributed by atoms with E-state index in [1.807, 2.05) is 32.2 Å². The summed E-state index contributed by atoms with van der Waals surface area (Å²) in [6.07, 6.45) is 2.90. The normalized spacial score (nSPS) is 12.2. The molecule has 0 spiro atoms. The average Bonchev–Trinajstić information content (AvgIpc) is 2.51. The number of ether oxygens (including phenoxy) is 1. The molecule has 1 unspecified atom stereocenters. The van der Waals surface area contributed by atoms with E-state index in [1.165, 1.54) is 5.56 Å². The lowest BCUT2D eigenvalue weighted by Crippen LogP contribution is -2.06. The van der Waals surface area contributed by atoms with E-state index in [0.29, 0.717) is 12.5 Å². The van der Waals surface area contributed by atoms with Crippen molar-refractivity contribution in [3.63, 3.8) is 0 Å². The maximum Gasteiger partial charge on any atom is 0.131 e. The summed E-state index contributed by atoms with van der Waals surface area (Å²) in [5, 5.41) is 0. The fourth-order valence-corrected chi connectivity index (χ4v) is 2.32. The molecule has 0 saturated carbocycles. The number of hydrogen-bond acceptors (Lipinski definition) is 3. The van der Waals surface area contributed by atoms with Gasteiger partial charge in [0.15, 0.2) is 0 Å². The number of nitrogens with zero attached hydrogens (tertiary/aromatic N) is 1. The van der Waals surface area contributed by atoms with Gasteiger partial charge in [-0.2, -0.15) is 0 Å². The van der Waals surface area contributed by atoms with Gasteiger partial charge in [0.2, 0.25) is 0 Å². The van der Waals surface area contributed by atoms with Crippen molar-refractivity contribution in [3.05, 3.63) is 52.8 Å². The van der Waals surface area contributed by atoms with Gasteiger partial charge in [0.1, 0.15) is 12.4 Å². The molecular formula is C18H24N2O. The molecule has 3 nitrogen and oxygen atoms in total. The molecule has 0 saturated heterocycles. The smallest absolute Gasteiger partial charge is 0.131 e. The number of rotatable bonds is 5. The molecule has 112 valence electrons. The van der Waals surface area contributed by atoms with E-state index in [2.05, 4.69) is 31.0 Å². The van der Waals surface area contributed by atoms with Crippen LogP contribution in [-0.4, -0.2) is 4.98 Å². The van der Waals surface area contributed by atoms with Crippen LogP contribution in [0, 0.1) is 13.8 Å². The molecule has 0 aliphatic rings. The third-order valence-corrected chi connectivity index (χ3v) is 4.10. The predicted octanol–water partition coefficient (Wildman–Crippen LogP) is 4.37. The van der Waals surface area contributed by atoms with Gasteiger partial charge in [-0.05, 0) is 48.9 Å². The van der Waals surface area contributed by atoms with Gasteiger partial charge in [-0.1, -0.05) is 32.0 Å². The molecule has 0 radical (unpaired) electrons. The number of pyridine rings is 1. The molecular weight excluding hydrogens is 260 g/mol. The highest BCUT2D eigenvalue weighted by atomic mass is 16.5. The second-order valence-corrected chi connectivity index (χ2v) is 5.56. The lowest BCUT2D eigenvalue weighted by molar-refractivity contribution is 0.295. The fourth-order valence-electron chi connectivity index (χ4n) is 2.32. The monoisotopic (exact) mass is 284 g/mol. The Kier molecular flexibility index (Phi) is 4.84. The van der Waals surface area contributed by atoms with Crippen molar-refractivity contribution in [2.24, 2.45) is 0 Å². The summed E-state index contributed by atoms with van der Waals surface area (Å²) in [6.45, 7) is 8.82. The van der Waals surface area contributed by atoms with Crippen molar-refractivity contribution in [1.29, 1.82) is 0 Å². The Morgan fingerprint density at radius 3 is 2.67 bits per heavy atom. The highest BCUT2D eigenvalue weighted by Crippen LogP contribution is 2.29. The molecule has 3 heteroatoms. The summed E-state index contributed by atoms with van der Waals surface area (Å²) in [5.74, 6) is 1.42. The lowest BCUT2D eigenvalue weighted by atomic mass is 9.98. The van der Waals surface area contributed by atoms with Crippen LogP contribution < -0.4 is 10.5 Å². The Balaban J connectivity index is 2.19. The molecule has 0 aliphatic carbocycles. The van der Waals surface area contributed by atoms with Crippen molar-refractivity contribution in [1.82, 2.24) is 4.98 Å². The van der Waals surface area contributed by atoms with Gasteiger partial charge >= 0.3 is 0 Å². The van der Waals surface area contributed by atoms with Gasteiger partial charge in [0.05, 0.1) is 5.69 Å². The maximum absolute atomic E-state index is 6.06. The minimum atomic E-state index is 0.448. The zero-order valence-corrected chi connectivity index (χ0v) is 13.3. The molecule has 21 heavy (non-hydrogen) atoms. The Hall–Kier alpha value is -2.03. The molecule has 2 rings (SSSR count). The van der Waals surface area contributed by atoms with E-state index in [4.69, 9.17) is 10.5 Å². The largest absolute Gasteiger partial charge is 0.487 e. The number of aryl methyl sites for hydroxylation is 1. The molecule has 0 aliphatic heterocycles. The van der Waals surface area contributed by atoms with E-state index in [0.717, 1.165) is 34.7 Å². The molecule has 2 N–H and O–H groups in total. The lowest BCUT2D eigenvalue weighted by Gasteiger charge is -2.16. The first-order valence-electron chi connectivity index (χ1n) is 7.46. The van der Waals surface area contributed by atoms with Crippen molar-refractivity contribution in [3.8, 4) is 5.75 Å². The summed E-state index contributed by atoms with van der Waals surface area (Å²) in [4.78, 5) is 4.44. The van der Waals surface area contributed by atoms with Crippen LogP contribution in [0.3, 0.4) is 0 Å². The van der Waals surface area contributed by atoms with Crippen molar-refractivity contribution in [2.75, 3.05) is 5.73 Å². The minimum absolute atomic E-state index is 0.448. The summed E-state index contributed by atoms with van der Waals surface area (Å²) in [5.41, 5.74) is 11.0. The Morgan fingerprint density at radius 2 is 1.95 bits per heavy atom. The first-order valence-corrected chi connectivity index (χ1v) is 7.46. The highest BCUT2D eigenvalue weighted by molar-refractivity contribution is 5.53. The first-order chi connectivity index (χ1) is 10.0. The van der Waals surface area contributed by atoms with E-state index in [-0.39, 0.29) is 0 Å². The van der Waals surface area contributed by atoms with Crippen LogP contribution in [0.4, 0.5) is 5.69 Å². The van der Waals surface area contributed by atoms with Crippen LogP contribution in [0.2, 0.25) is 0 Å². The molecule has 1 aromatic heterocycles. The van der Waals surface area contributed by atoms with Crippen LogP contribution >= 0.6 is 0 Å². The van der Waals surface area contributed by atoms with E-state index in [1.54, 1.807) is 0 Å². The standard InChI is InChI=1S/C18H24N2O/c1-5-12(2)15-8-6-7-9-17(15)21-11-16-14(4)18(19)13(3)10-20-16/h6-10,12H,5,11H2,1-4H3,(H2,19,20). The topological polar surface area (TPSA) is 48.1 Å². The summed E-state index contributed by atoms with van der Waals surface area (Å²) in [6, 6.07) is 8.22. The summed E-state index contributed by atoms with van der Waals surface area (Å²) < 4.78 is 6.00. The minimum Gasteiger partial charge on any atom is -0.487 e. The van der Waals surface area contributed by atoms with E-state index >= 15 is 0 Å². The second-order valence-electron chi connectivity index (χ2n) is 5.56. The molecule has 2 aromatic rings. The number of hydrogen-bond donors (Lipinski definition) is 1. The average molecular weight is 284 g/mol. The fraction of sp³-hybridized carbons (Fsp3) is 0.389. The molecule has 0 amide bonds. The van der Waals surface area contributed by atoms with Crippen molar-refractivity contribution >= 4 is 5.69 Å². The zero-order valence-electron chi connectivity index (χ0n) is 13.3. The van der Waals surface area contributed by atoms with Gasteiger partial charge in [-0.3, -0.25) is 4.98 Å². The maximum atomic E-state index is 6.06. The van der Waals surface area contributed by atoms with Gasteiger partial charge in [0.25, 0.3) is 0 Å². The van der Waals surface area contributed by atoms with Crippen LogP contribution in [0.15, 0.2) is 30.5 Å². The van der Waals surface area contributed by atoms with Gasteiger partial charge in [-0.15, -0.1) is 0 Å². The van der Waals surface area contributed by atoms with Gasteiger partial charge in [0, 0.05) is 11.9 Å². The Labute approximate surface area is 127 Å². The van der Waals surface area contributed by atoms with Crippen LogP contribution in [0.5, 0.6) is 5.75 Å². The van der Waals surface area contributed by atoms with Crippen molar-refractivity contribution < 1.29 is 4.74 Å². The number of nitrogens with two attached hydrogens (primary N) is 1. The molecule has 1 atom stereocenters. The number of aromatic nitrogens is 1. The third kappa shape index (κ3) is 3.35. The predicted molar refractivity (Wildman–Crippen MR) is 87.6 cm³/mol. The second kappa shape index (κ2) is 6.61. The molecule has 0 bridgehead atoms. The quantitative estimate of drug-likeness (QED) is 0.886. The van der Waals surface area contributed by atoms with Crippen LogP contribution in [-0.2, 0) is 6.61 Å². The van der Waals surface area contributed by atoms with E-state index < -0.39 is 0 Å². The molecule has 0 fully saturated rings. The third-order valence-electron chi connectivity index (χ3n) is 4.10. The zero-order chi connectivity index (χ0) is 15.4.